The maximum Gasteiger partial charge on any atom is 0.0132 e. The van der Waals surface area contributed by atoms with Gasteiger partial charge in [0.05, 0.1) is 0 Å². The van der Waals surface area contributed by atoms with Gasteiger partial charge in [-0.1, -0.05) is 43.7 Å². The molecule has 2 unspecified atom stereocenters. The second kappa shape index (κ2) is 6.07. The lowest BCUT2D eigenvalue weighted by Gasteiger charge is -2.45. The van der Waals surface area contributed by atoms with E-state index >= 15 is 0 Å². The molecule has 2 heterocycles. The van der Waals surface area contributed by atoms with E-state index in [-0.39, 0.29) is 12.4 Å². The molecular weight excluding hydrogens is 266 g/mol. The van der Waals surface area contributed by atoms with Crippen LogP contribution in [0.1, 0.15) is 50.2 Å². The molecule has 112 valence electrons. The average Bonchev–Trinajstić information content (AvgIpc) is 2.63. The highest BCUT2D eigenvalue weighted by atomic mass is 35.5. The molecule has 0 N–H and O–H groups in total. The van der Waals surface area contributed by atoms with Crippen molar-refractivity contribution >= 4 is 12.4 Å². The number of halogens is 1. The van der Waals surface area contributed by atoms with E-state index in [9.17, 15) is 0 Å². The van der Waals surface area contributed by atoms with Crippen molar-refractivity contribution in [1.82, 2.24) is 4.90 Å². The summed E-state index contributed by atoms with van der Waals surface area (Å²) < 4.78 is 0. The van der Waals surface area contributed by atoms with Gasteiger partial charge in [-0.2, -0.15) is 0 Å². The fraction of sp³-hybridized carbons (Fsp3) is 0.667. The Kier molecular flexibility index (Phi) is 4.81. The Morgan fingerprint density at radius 3 is 2.35 bits per heavy atom. The summed E-state index contributed by atoms with van der Waals surface area (Å²) in [5, 5.41) is 0. The summed E-state index contributed by atoms with van der Waals surface area (Å²) >= 11 is 0. The molecular formula is C18H28ClN. The molecule has 0 saturated carbocycles. The van der Waals surface area contributed by atoms with Gasteiger partial charge in [-0.3, -0.25) is 0 Å². The summed E-state index contributed by atoms with van der Waals surface area (Å²) in [4.78, 5) is 2.68. The molecule has 0 aromatic heterocycles. The van der Waals surface area contributed by atoms with E-state index in [0.29, 0.717) is 0 Å². The van der Waals surface area contributed by atoms with Crippen molar-refractivity contribution in [3.63, 3.8) is 0 Å². The summed E-state index contributed by atoms with van der Waals surface area (Å²) in [7, 11) is 2.35. The normalized spacial score (nSPS) is 33.2. The predicted octanol–water partition coefficient (Wildman–Crippen LogP) is 4.64. The standard InChI is InChI=1S/C18H27N.ClH/c1-12(2)18-16(14-7-5-13(3)6-8-14)11-15-9-10-17(18)19(15)4;/h5-8,12,15-18H,9-11H2,1-4H3;1H/t15-,16-,17?,18?;/m1./s1. The number of piperidine rings is 1. The Labute approximate surface area is 130 Å². The third-order valence-electron chi connectivity index (χ3n) is 5.60. The molecule has 2 saturated heterocycles. The predicted molar refractivity (Wildman–Crippen MR) is 88.7 cm³/mol. The summed E-state index contributed by atoms with van der Waals surface area (Å²) in [6.07, 6.45) is 4.18. The first kappa shape index (κ1) is 15.9. The third-order valence-corrected chi connectivity index (χ3v) is 5.60. The van der Waals surface area contributed by atoms with Crippen molar-refractivity contribution in [1.29, 1.82) is 0 Å². The first-order chi connectivity index (χ1) is 9.08. The molecule has 2 heteroatoms. The average molecular weight is 294 g/mol. The zero-order valence-electron chi connectivity index (χ0n) is 13.2. The van der Waals surface area contributed by atoms with Crippen molar-refractivity contribution < 1.29 is 0 Å². The van der Waals surface area contributed by atoms with Crippen molar-refractivity contribution in [2.45, 2.75) is 58.0 Å². The number of benzene rings is 1. The highest BCUT2D eigenvalue weighted by Gasteiger charge is 2.46. The van der Waals surface area contributed by atoms with E-state index in [1.165, 1.54) is 24.8 Å². The molecule has 20 heavy (non-hydrogen) atoms. The zero-order chi connectivity index (χ0) is 13.6. The third kappa shape index (κ3) is 2.63. The minimum Gasteiger partial charge on any atom is -0.300 e. The lowest BCUT2D eigenvalue weighted by atomic mass is 9.71. The van der Waals surface area contributed by atoms with Gasteiger partial charge in [-0.05, 0) is 56.6 Å². The van der Waals surface area contributed by atoms with E-state index in [4.69, 9.17) is 0 Å². The van der Waals surface area contributed by atoms with Crippen LogP contribution in [0.3, 0.4) is 0 Å². The van der Waals surface area contributed by atoms with E-state index in [2.05, 4.69) is 57.0 Å². The Hall–Kier alpha value is -0.530. The topological polar surface area (TPSA) is 3.24 Å². The first-order valence-electron chi connectivity index (χ1n) is 7.86. The van der Waals surface area contributed by atoms with Crippen LogP contribution >= 0.6 is 12.4 Å². The van der Waals surface area contributed by atoms with Gasteiger partial charge in [-0.25, -0.2) is 0 Å². The van der Waals surface area contributed by atoms with Crippen LogP contribution in [0.5, 0.6) is 0 Å². The van der Waals surface area contributed by atoms with Gasteiger partial charge >= 0.3 is 0 Å². The fourth-order valence-corrected chi connectivity index (χ4v) is 4.59. The Balaban J connectivity index is 0.00000147. The van der Waals surface area contributed by atoms with Crippen LogP contribution in [0.4, 0.5) is 0 Å². The second-order valence-electron chi connectivity index (χ2n) is 7.04. The van der Waals surface area contributed by atoms with Gasteiger partial charge in [0.1, 0.15) is 0 Å². The molecule has 1 nitrogen and oxygen atoms in total. The van der Waals surface area contributed by atoms with Gasteiger partial charge in [0.2, 0.25) is 0 Å². The minimum absolute atomic E-state index is 0. The summed E-state index contributed by atoms with van der Waals surface area (Å²) in [5.41, 5.74) is 2.95. The Morgan fingerprint density at radius 1 is 1.10 bits per heavy atom. The van der Waals surface area contributed by atoms with Gasteiger partial charge in [0, 0.05) is 12.1 Å². The molecule has 3 rings (SSSR count). The molecule has 2 aliphatic rings. The molecule has 2 bridgehead atoms. The summed E-state index contributed by atoms with van der Waals surface area (Å²) in [6, 6.07) is 11.0. The first-order valence-corrected chi connectivity index (χ1v) is 7.86. The van der Waals surface area contributed by atoms with Crippen LogP contribution in [0, 0.1) is 18.8 Å². The maximum atomic E-state index is 2.68. The van der Waals surface area contributed by atoms with Crippen LogP contribution in [-0.2, 0) is 0 Å². The lowest BCUT2D eigenvalue weighted by Crippen LogP contribution is -2.47. The number of aryl methyl sites for hydroxylation is 1. The highest BCUT2D eigenvalue weighted by Crippen LogP contribution is 2.48. The number of nitrogens with zero attached hydrogens (tertiary/aromatic N) is 1. The van der Waals surface area contributed by atoms with Crippen LogP contribution in [-0.4, -0.2) is 24.0 Å². The number of fused-ring (bicyclic) bond motifs is 2. The molecule has 0 spiro atoms. The van der Waals surface area contributed by atoms with Crippen LogP contribution in [0.15, 0.2) is 24.3 Å². The number of rotatable bonds is 2. The van der Waals surface area contributed by atoms with Gasteiger partial charge in [0.15, 0.2) is 0 Å². The van der Waals surface area contributed by atoms with Crippen molar-refractivity contribution in [2.24, 2.45) is 11.8 Å². The zero-order valence-corrected chi connectivity index (χ0v) is 14.0. The summed E-state index contributed by atoms with van der Waals surface area (Å²) in [6.45, 7) is 7.01. The molecule has 0 aliphatic carbocycles. The second-order valence-corrected chi connectivity index (χ2v) is 7.04. The van der Waals surface area contributed by atoms with Crippen LogP contribution in [0.25, 0.3) is 0 Å². The fourth-order valence-electron chi connectivity index (χ4n) is 4.59. The van der Waals surface area contributed by atoms with Gasteiger partial charge in [-0.15, -0.1) is 12.4 Å². The number of hydrogen-bond acceptors (Lipinski definition) is 1. The smallest absolute Gasteiger partial charge is 0.0132 e. The highest BCUT2D eigenvalue weighted by molar-refractivity contribution is 5.85. The SMILES string of the molecule is Cc1ccc([C@H]2C[C@H]3CCC(C2C(C)C)N3C)cc1.Cl. The molecule has 0 radical (unpaired) electrons. The van der Waals surface area contributed by atoms with E-state index in [1.54, 1.807) is 5.56 Å². The lowest BCUT2D eigenvalue weighted by molar-refractivity contribution is 0.0727. The minimum atomic E-state index is 0. The molecule has 2 aliphatic heterocycles. The maximum absolute atomic E-state index is 2.68. The quantitative estimate of drug-likeness (QED) is 0.768. The van der Waals surface area contributed by atoms with E-state index < -0.39 is 0 Å². The van der Waals surface area contributed by atoms with Crippen molar-refractivity contribution in [3.05, 3.63) is 35.4 Å². The van der Waals surface area contributed by atoms with Crippen molar-refractivity contribution in [3.8, 4) is 0 Å². The molecule has 2 fully saturated rings. The largest absolute Gasteiger partial charge is 0.300 e. The molecule has 1 aromatic rings. The molecule has 0 amide bonds. The summed E-state index contributed by atoms with van der Waals surface area (Å²) in [5.74, 6) is 2.37. The monoisotopic (exact) mass is 293 g/mol. The van der Waals surface area contributed by atoms with E-state index in [0.717, 1.165) is 29.8 Å². The van der Waals surface area contributed by atoms with Gasteiger partial charge in [0.25, 0.3) is 0 Å². The van der Waals surface area contributed by atoms with Crippen LogP contribution in [0.2, 0.25) is 0 Å². The van der Waals surface area contributed by atoms with Crippen LogP contribution < -0.4 is 0 Å². The van der Waals surface area contributed by atoms with Crippen molar-refractivity contribution in [2.75, 3.05) is 7.05 Å². The van der Waals surface area contributed by atoms with E-state index in [1.807, 2.05) is 0 Å². The van der Waals surface area contributed by atoms with Gasteiger partial charge < -0.3 is 4.90 Å². The Morgan fingerprint density at radius 2 is 1.75 bits per heavy atom. The number of hydrogen-bond donors (Lipinski definition) is 0. The Bertz CT molecular complexity index is 439. The molecule has 1 aromatic carbocycles. The molecule has 4 atom stereocenters.